The number of ether oxygens (including phenoxy) is 1. The summed E-state index contributed by atoms with van der Waals surface area (Å²) < 4.78 is 43.2. The van der Waals surface area contributed by atoms with Gasteiger partial charge in [-0.05, 0) is 42.7 Å². The van der Waals surface area contributed by atoms with E-state index in [9.17, 15) is 12.8 Å². The van der Waals surface area contributed by atoms with Gasteiger partial charge in [0.05, 0.1) is 16.5 Å². The van der Waals surface area contributed by atoms with Gasteiger partial charge in [-0.15, -0.1) is 0 Å². The molecule has 3 rings (SSSR count). The molecular formula is C18H14FNO3S. The maximum absolute atomic E-state index is 13.5. The molecule has 0 radical (unpaired) electrons. The van der Waals surface area contributed by atoms with Crippen LogP contribution in [0.3, 0.4) is 0 Å². The Morgan fingerprint density at radius 2 is 2.00 bits per heavy atom. The number of fused-ring (bicyclic) bond motifs is 1. The minimum absolute atomic E-state index is 0.152. The van der Waals surface area contributed by atoms with E-state index in [1.54, 1.807) is 6.07 Å². The van der Waals surface area contributed by atoms with E-state index >= 15 is 0 Å². The molecule has 0 atom stereocenters. The first-order valence-electron chi connectivity index (χ1n) is 7.22. The number of allylic oxidation sites excluding steroid dienone is 1. The van der Waals surface area contributed by atoms with E-state index in [2.05, 4.69) is 6.58 Å². The third-order valence-electron chi connectivity index (χ3n) is 3.89. The standard InChI is InChI=1S/C18H14FNO3S/c1-11-3-4-15-16(5-6-17(18(11)15)24(2,21)22)23-14-8-12(10-20)7-13(19)9-14/h5-9H,1,3-4H2,2H3. The van der Waals surface area contributed by atoms with E-state index in [1.165, 1.54) is 18.2 Å². The summed E-state index contributed by atoms with van der Waals surface area (Å²) in [6, 6.07) is 8.64. The molecule has 0 spiro atoms. The van der Waals surface area contributed by atoms with Crippen LogP contribution >= 0.6 is 0 Å². The number of sulfone groups is 1. The Morgan fingerprint density at radius 3 is 2.67 bits per heavy atom. The summed E-state index contributed by atoms with van der Waals surface area (Å²) in [5.41, 5.74) is 2.23. The van der Waals surface area contributed by atoms with Gasteiger partial charge >= 0.3 is 0 Å². The van der Waals surface area contributed by atoms with Crippen LogP contribution in [0.2, 0.25) is 0 Å². The molecule has 0 fully saturated rings. The Labute approximate surface area is 139 Å². The zero-order valence-electron chi connectivity index (χ0n) is 13.0. The molecule has 122 valence electrons. The van der Waals surface area contributed by atoms with Crippen LogP contribution < -0.4 is 4.74 Å². The Balaban J connectivity index is 2.10. The maximum atomic E-state index is 13.5. The monoisotopic (exact) mass is 343 g/mol. The first-order valence-corrected chi connectivity index (χ1v) is 9.11. The van der Waals surface area contributed by atoms with Gasteiger partial charge < -0.3 is 4.74 Å². The molecule has 0 aliphatic heterocycles. The SMILES string of the molecule is C=C1CCc2c(Oc3cc(F)cc(C#N)c3)ccc(S(C)(=O)=O)c21. The van der Waals surface area contributed by atoms with Crippen LogP contribution in [-0.4, -0.2) is 14.7 Å². The molecule has 0 unspecified atom stereocenters. The summed E-state index contributed by atoms with van der Waals surface area (Å²) in [7, 11) is -3.39. The van der Waals surface area contributed by atoms with Crippen LogP contribution in [-0.2, 0) is 16.3 Å². The predicted octanol–water partition coefficient (Wildman–Crippen LogP) is 3.85. The van der Waals surface area contributed by atoms with Crippen molar-refractivity contribution in [3.8, 4) is 17.6 Å². The Hall–Kier alpha value is -2.65. The van der Waals surface area contributed by atoms with E-state index in [0.717, 1.165) is 23.5 Å². The minimum Gasteiger partial charge on any atom is -0.457 e. The van der Waals surface area contributed by atoms with Crippen LogP contribution in [0.4, 0.5) is 4.39 Å². The van der Waals surface area contributed by atoms with Gasteiger partial charge in [-0.25, -0.2) is 12.8 Å². The highest BCUT2D eigenvalue weighted by atomic mass is 32.2. The van der Waals surface area contributed by atoms with Crippen molar-refractivity contribution in [2.45, 2.75) is 17.7 Å². The van der Waals surface area contributed by atoms with Gasteiger partial charge in [-0.2, -0.15) is 5.26 Å². The summed E-state index contributed by atoms with van der Waals surface area (Å²) in [4.78, 5) is 0.226. The van der Waals surface area contributed by atoms with Crippen molar-refractivity contribution >= 4 is 15.4 Å². The number of hydrogen-bond acceptors (Lipinski definition) is 4. The number of nitriles is 1. The van der Waals surface area contributed by atoms with Gasteiger partial charge in [0.1, 0.15) is 17.3 Å². The van der Waals surface area contributed by atoms with Gasteiger partial charge in [-0.3, -0.25) is 0 Å². The van der Waals surface area contributed by atoms with Gasteiger partial charge in [0.25, 0.3) is 0 Å². The first kappa shape index (κ1) is 16.2. The Morgan fingerprint density at radius 1 is 1.25 bits per heavy atom. The lowest BCUT2D eigenvalue weighted by Gasteiger charge is -2.14. The second-order valence-electron chi connectivity index (χ2n) is 5.68. The number of halogens is 1. The molecule has 0 saturated carbocycles. The van der Waals surface area contributed by atoms with Crippen LogP contribution in [0, 0.1) is 17.1 Å². The molecular weight excluding hydrogens is 329 g/mol. The number of hydrogen-bond donors (Lipinski definition) is 0. The summed E-state index contributed by atoms with van der Waals surface area (Å²) in [5, 5.41) is 8.92. The highest BCUT2D eigenvalue weighted by Gasteiger charge is 2.26. The second-order valence-corrected chi connectivity index (χ2v) is 7.66. The third-order valence-corrected chi connectivity index (χ3v) is 5.03. The second kappa shape index (κ2) is 5.77. The van der Waals surface area contributed by atoms with Crippen molar-refractivity contribution in [1.82, 2.24) is 0 Å². The highest BCUT2D eigenvalue weighted by Crippen LogP contribution is 2.42. The van der Waals surface area contributed by atoms with Gasteiger partial charge in [-0.1, -0.05) is 6.58 Å². The third kappa shape index (κ3) is 2.91. The molecule has 1 aliphatic carbocycles. The summed E-state index contributed by atoms with van der Waals surface area (Å²) >= 11 is 0. The molecule has 1 aliphatic rings. The summed E-state index contributed by atoms with van der Waals surface area (Å²) in [5.74, 6) is 0.0711. The lowest BCUT2D eigenvalue weighted by atomic mass is 10.1. The lowest BCUT2D eigenvalue weighted by Crippen LogP contribution is -2.03. The van der Waals surface area contributed by atoms with Crippen molar-refractivity contribution in [3.63, 3.8) is 0 Å². The van der Waals surface area contributed by atoms with Gasteiger partial charge in [0.2, 0.25) is 0 Å². The molecule has 0 amide bonds. The van der Waals surface area contributed by atoms with Crippen molar-refractivity contribution in [2.24, 2.45) is 0 Å². The maximum Gasteiger partial charge on any atom is 0.176 e. The number of benzene rings is 2. The average molecular weight is 343 g/mol. The van der Waals surface area contributed by atoms with Gasteiger partial charge in [0.15, 0.2) is 9.84 Å². The van der Waals surface area contributed by atoms with E-state index in [0.29, 0.717) is 24.2 Å². The molecule has 2 aromatic carbocycles. The summed E-state index contributed by atoms with van der Waals surface area (Å²) in [6.45, 7) is 3.94. The smallest absolute Gasteiger partial charge is 0.176 e. The fraction of sp³-hybridized carbons (Fsp3) is 0.167. The molecule has 0 aromatic heterocycles. The van der Waals surface area contributed by atoms with E-state index in [-0.39, 0.29) is 16.2 Å². The Kier molecular flexibility index (Phi) is 3.90. The number of nitrogens with zero attached hydrogens (tertiary/aromatic N) is 1. The van der Waals surface area contributed by atoms with Crippen molar-refractivity contribution < 1.29 is 17.5 Å². The molecule has 4 nitrogen and oxygen atoms in total. The molecule has 6 heteroatoms. The van der Waals surface area contributed by atoms with Crippen LogP contribution in [0.15, 0.2) is 41.8 Å². The van der Waals surface area contributed by atoms with Crippen molar-refractivity contribution in [2.75, 3.05) is 6.26 Å². The van der Waals surface area contributed by atoms with Crippen molar-refractivity contribution in [1.29, 1.82) is 5.26 Å². The fourth-order valence-corrected chi connectivity index (χ4v) is 3.82. The Bertz CT molecular complexity index is 1000. The molecule has 0 heterocycles. The van der Waals surface area contributed by atoms with Crippen LogP contribution in [0.5, 0.6) is 11.5 Å². The molecule has 2 aromatic rings. The van der Waals surface area contributed by atoms with E-state index in [4.69, 9.17) is 10.00 Å². The molecule has 0 bridgehead atoms. The zero-order valence-corrected chi connectivity index (χ0v) is 13.8. The zero-order chi connectivity index (χ0) is 17.5. The largest absolute Gasteiger partial charge is 0.457 e. The van der Waals surface area contributed by atoms with E-state index < -0.39 is 15.7 Å². The first-order chi connectivity index (χ1) is 11.3. The number of rotatable bonds is 3. The van der Waals surface area contributed by atoms with Crippen molar-refractivity contribution in [3.05, 3.63) is 59.4 Å². The van der Waals surface area contributed by atoms with Crippen LogP contribution in [0.25, 0.3) is 5.57 Å². The minimum atomic E-state index is -3.39. The fourth-order valence-electron chi connectivity index (χ4n) is 2.86. The van der Waals surface area contributed by atoms with Gasteiger partial charge in [0, 0.05) is 23.4 Å². The van der Waals surface area contributed by atoms with E-state index in [1.807, 2.05) is 6.07 Å². The highest BCUT2D eigenvalue weighted by molar-refractivity contribution is 7.90. The normalized spacial score (nSPS) is 13.5. The molecule has 0 saturated heterocycles. The predicted molar refractivity (Wildman–Crippen MR) is 88.1 cm³/mol. The molecule has 24 heavy (non-hydrogen) atoms. The van der Waals surface area contributed by atoms with Crippen LogP contribution in [0.1, 0.15) is 23.1 Å². The summed E-state index contributed by atoms with van der Waals surface area (Å²) in [6.07, 6.45) is 2.40. The quantitative estimate of drug-likeness (QED) is 0.849. The topological polar surface area (TPSA) is 67.2 Å². The average Bonchev–Trinajstić information content (AvgIpc) is 2.88. The lowest BCUT2D eigenvalue weighted by molar-refractivity contribution is 0.470. The molecule has 0 N–H and O–H groups in total.